The monoisotopic (exact) mass is 193 g/mol. The number of hydrogen-bond acceptors (Lipinski definition) is 5. The molecular weight excluding hydrogens is 186 g/mol. The Morgan fingerprint density at radius 1 is 1.64 bits per heavy atom. The van der Waals surface area contributed by atoms with Crippen LogP contribution in [0.3, 0.4) is 0 Å². The standard InChI is InChI=1S/C7H7N5O2/c8-3-4-1-2-5(12-9)10-6(4)11-7(13)14/h1-2H,9H2,(H,13,14)(H2,10,11,12). The molecule has 1 heterocycles. The number of anilines is 2. The van der Waals surface area contributed by atoms with Crippen LogP contribution in [0.2, 0.25) is 0 Å². The van der Waals surface area contributed by atoms with Gasteiger partial charge in [0.1, 0.15) is 11.9 Å². The number of nitrogens with one attached hydrogen (secondary N) is 2. The summed E-state index contributed by atoms with van der Waals surface area (Å²) in [6.07, 6.45) is -1.29. The molecule has 0 aliphatic rings. The second kappa shape index (κ2) is 4.06. The number of nitriles is 1. The normalized spacial score (nSPS) is 8.86. The van der Waals surface area contributed by atoms with E-state index in [4.69, 9.17) is 16.2 Å². The Balaban J connectivity index is 3.09. The van der Waals surface area contributed by atoms with E-state index in [1.165, 1.54) is 12.1 Å². The van der Waals surface area contributed by atoms with Crippen molar-refractivity contribution in [1.29, 1.82) is 5.26 Å². The minimum Gasteiger partial charge on any atom is -0.465 e. The van der Waals surface area contributed by atoms with E-state index >= 15 is 0 Å². The van der Waals surface area contributed by atoms with Gasteiger partial charge in [-0.3, -0.25) is 5.32 Å². The van der Waals surface area contributed by atoms with Crippen molar-refractivity contribution in [3.63, 3.8) is 0 Å². The summed E-state index contributed by atoms with van der Waals surface area (Å²) in [6, 6.07) is 4.67. The number of pyridine rings is 1. The maximum absolute atomic E-state index is 10.3. The quantitative estimate of drug-likeness (QED) is 0.396. The number of rotatable bonds is 2. The van der Waals surface area contributed by atoms with Gasteiger partial charge in [-0.15, -0.1) is 0 Å². The molecule has 1 aromatic rings. The number of carbonyl (C=O) groups is 1. The third-order valence-corrected chi connectivity index (χ3v) is 1.39. The number of aromatic nitrogens is 1. The van der Waals surface area contributed by atoms with Crippen LogP contribution in [0, 0.1) is 11.3 Å². The van der Waals surface area contributed by atoms with E-state index < -0.39 is 6.09 Å². The number of nitrogens with zero attached hydrogens (tertiary/aromatic N) is 2. The first-order valence-corrected chi connectivity index (χ1v) is 3.55. The highest BCUT2D eigenvalue weighted by molar-refractivity contribution is 5.83. The fraction of sp³-hybridized carbons (Fsp3) is 0. The first-order chi connectivity index (χ1) is 6.67. The van der Waals surface area contributed by atoms with Crippen molar-refractivity contribution in [2.45, 2.75) is 0 Å². The molecule has 0 aliphatic carbocycles. The maximum Gasteiger partial charge on any atom is 0.410 e. The number of amides is 1. The average Bonchev–Trinajstić information content (AvgIpc) is 2.16. The van der Waals surface area contributed by atoms with Crippen molar-refractivity contribution in [2.24, 2.45) is 5.84 Å². The largest absolute Gasteiger partial charge is 0.465 e. The van der Waals surface area contributed by atoms with E-state index in [-0.39, 0.29) is 17.2 Å². The summed E-state index contributed by atoms with van der Waals surface area (Å²) in [4.78, 5) is 14.1. The number of nitrogen functional groups attached to an aromatic ring is 1. The zero-order valence-electron chi connectivity index (χ0n) is 6.98. The van der Waals surface area contributed by atoms with Gasteiger partial charge in [-0.05, 0) is 12.1 Å². The topological polar surface area (TPSA) is 124 Å². The predicted molar refractivity (Wildman–Crippen MR) is 48.4 cm³/mol. The zero-order chi connectivity index (χ0) is 10.6. The SMILES string of the molecule is N#Cc1ccc(NN)nc1NC(=O)O. The van der Waals surface area contributed by atoms with E-state index in [1.807, 2.05) is 5.32 Å². The van der Waals surface area contributed by atoms with Gasteiger partial charge in [-0.2, -0.15) is 5.26 Å². The average molecular weight is 193 g/mol. The first-order valence-electron chi connectivity index (χ1n) is 3.55. The Morgan fingerprint density at radius 2 is 2.36 bits per heavy atom. The van der Waals surface area contributed by atoms with Crippen LogP contribution in [0.25, 0.3) is 0 Å². The molecule has 1 amide bonds. The highest BCUT2D eigenvalue weighted by atomic mass is 16.4. The van der Waals surface area contributed by atoms with Crippen LogP contribution in [0.15, 0.2) is 12.1 Å². The van der Waals surface area contributed by atoms with Crippen molar-refractivity contribution in [1.82, 2.24) is 4.98 Å². The summed E-state index contributed by atoms with van der Waals surface area (Å²) in [5.74, 6) is 5.30. The molecule has 0 bridgehead atoms. The lowest BCUT2D eigenvalue weighted by atomic mass is 10.3. The molecule has 1 aromatic heterocycles. The second-order valence-electron chi connectivity index (χ2n) is 2.28. The minimum atomic E-state index is -1.29. The highest BCUT2D eigenvalue weighted by Gasteiger charge is 2.07. The van der Waals surface area contributed by atoms with Gasteiger partial charge in [-0.1, -0.05) is 0 Å². The highest BCUT2D eigenvalue weighted by Crippen LogP contribution is 2.14. The summed E-state index contributed by atoms with van der Waals surface area (Å²) in [6.45, 7) is 0. The molecular formula is C7H7N5O2. The number of hydrazine groups is 1. The van der Waals surface area contributed by atoms with Crippen molar-refractivity contribution < 1.29 is 9.90 Å². The van der Waals surface area contributed by atoms with Crippen LogP contribution in [-0.4, -0.2) is 16.2 Å². The molecule has 5 N–H and O–H groups in total. The molecule has 0 radical (unpaired) electrons. The summed E-state index contributed by atoms with van der Waals surface area (Å²) in [5, 5.41) is 19.0. The number of hydrogen-bond donors (Lipinski definition) is 4. The lowest BCUT2D eigenvalue weighted by Gasteiger charge is -2.04. The predicted octanol–water partition coefficient (Wildman–Crippen LogP) is 0.329. The molecule has 0 fully saturated rings. The smallest absolute Gasteiger partial charge is 0.410 e. The van der Waals surface area contributed by atoms with Gasteiger partial charge in [0.15, 0.2) is 5.82 Å². The molecule has 0 aliphatic heterocycles. The fourth-order valence-electron chi connectivity index (χ4n) is 0.826. The Labute approximate surface area is 79.1 Å². The Morgan fingerprint density at radius 3 is 2.86 bits per heavy atom. The van der Waals surface area contributed by atoms with Gasteiger partial charge in [-0.25, -0.2) is 15.6 Å². The molecule has 0 atom stereocenters. The van der Waals surface area contributed by atoms with Gasteiger partial charge in [0.05, 0.1) is 5.56 Å². The third kappa shape index (κ3) is 2.09. The fourth-order valence-corrected chi connectivity index (χ4v) is 0.826. The Kier molecular flexibility index (Phi) is 2.83. The van der Waals surface area contributed by atoms with Crippen LogP contribution < -0.4 is 16.6 Å². The van der Waals surface area contributed by atoms with Crippen LogP contribution in [0.5, 0.6) is 0 Å². The lowest BCUT2D eigenvalue weighted by Crippen LogP contribution is -2.13. The van der Waals surface area contributed by atoms with Crippen molar-refractivity contribution >= 4 is 17.7 Å². The van der Waals surface area contributed by atoms with Gasteiger partial charge < -0.3 is 10.5 Å². The van der Waals surface area contributed by atoms with Gasteiger partial charge in [0, 0.05) is 0 Å². The van der Waals surface area contributed by atoms with Gasteiger partial charge in [0.2, 0.25) is 0 Å². The second-order valence-corrected chi connectivity index (χ2v) is 2.28. The molecule has 0 saturated carbocycles. The summed E-state index contributed by atoms with van der Waals surface area (Å²) >= 11 is 0. The molecule has 0 saturated heterocycles. The van der Waals surface area contributed by atoms with Crippen molar-refractivity contribution in [3.8, 4) is 6.07 Å². The molecule has 72 valence electrons. The molecule has 7 heteroatoms. The molecule has 1 rings (SSSR count). The van der Waals surface area contributed by atoms with Crippen LogP contribution >= 0.6 is 0 Å². The zero-order valence-corrected chi connectivity index (χ0v) is 6.98. The molecule has 0 aromatic carbocycles. The van der Waals surface area contributed by atoms with Crippen molar-refractivity contribution in [2.75, 3.05) is 10.7 Å². The summed E-state index contributed by atoms with van der Waals surface area (Å²) in [5.41, 5.74) is 2.37. The van der Waals surface area contributed by atoms with Crippen molar-refractivity contribution in [3.05, 3.63) is 17.7 Å². The van der Waals surface area contributed by atoms with Gasteiger partial charge in [0.25, 0.3) is 0 Å². The van der Waals surface area contributed by atoms with E-state index in [2.05, 4.69) is 10.4 Å². The minimum absolute atomic E-state index is 0.0459. The van der Waals surface area contributed by atoms with E-state index in [9.17, 15) is 4.79 Å². The Hall–Kier alpha value is -2.33. The first kappa shape index (κ1) is 9.76. The maximum atomic E-state index is 10.3. The molecule has 14 heavy (non-hydrogen) atoms. The lowest BCUT2D eigenvalue weighted by molar-refractivity contribution is 0.209. The Bertz CT molecular complexity index is 398. The third-order valence-electron chi connectivity index (χ3n) is 1.39. The van der Waals surface area contributed by atoms with Crippen LogP contribution in [0.1, 0.15) is 5.56 Å². The van der Waals surface area contributed by atoms with E-state index in [0.717, 1.165) is 0 Å². The van der Waals surface area contributed by atoms with Gasteiger partial charge >= 0.3 is 6.09 Å². The van der Waals surface area contributed by atoms with E-state index in [1.54, 1.807) is 6.07 Å². The summed E-state index contributed by atoms with van der Waals surface area (Å²) < 4.78 is 0. The molecule has 7 nitrogen and oxygen atoms in total. The van der Waals surface area contributed by atoms with Crippen LogP contribution in [-0.2, 0) is 0 Å². The summed E-state index contributed by atoms with van der Waals surface area (Å²) in [7, 11) is 0. The molecule has 0 spiro atoms. The molecule has 0 unspecified atom stereocenters. The number of nitrogens with two attached hydrogens (primary N) is 1. The van der Waals surface area contributed by atoms with E-state index in [0.29, 0.717) is 0 Å². The van der Waals surface area contributed by atoms with Crippen LogP contribution in [0.4, 0.5) is 16.4 Å². The number of carboxylic acid groups (broad SMARTS) is 1.